The van der Waals surface area contributed by atoms with Gasteiger partial charge in [-0.3, -0.25) is 4.79 Å². The van der Waals surface area contributed by atoms with Crippen LogP contribution in [0.25, 0.3) is 0 Å². The van der Waals surface area contributed by atoms with E-state index < -0.39 is 12.1 Å². The number of hydrogen-bond acceptors (Lipinski definition) is 5. The molecule has 0 aromatic heterocycles. The first-order valence-corrected chi connectivity index (χ1v) is 11.4. The van der Waals surface area contributed by atoms with Gasteiger partial charge in [0.2, 0.25) is 5.91 Å². The lowest BCUT2D eigenvalue weighted by Gasteiger charge is -2.19. The first-order valence-electron chi connectivity index (χ1n) is 11.4. The maximum Gasteiger partial charge on any atom is 0.407 e. The summed E-state index contributed by atoms with van der Waals surface area (Å²) in [6.45, 7) is 3.18. The number of anilines is 1. The number of ether oxygens (including phenoxy) is 2. The smallest absolute Gasteiger partial charge is 0.407 e. The van der Waals surface area contributed by atoms with E-state index in [0.717, 1.165) is 28.9 Å². The Hall–Kier alpha value is -3.84. The zero-order chi connectivity index (χ0) is 24.2. The summed E-state index contributed by atoms with van der Waals surface area (Å²) >= 11 is 0. The second-order valence-corrected chi connectivity index (χ2v) is 7.83. The largest absolute Gasteiger partial charge is 0.494 e. The summed E-state index contributed by atoms with van der Waals surface area (Å²) in [5, 5.41) is 5.70. The van der Waals surface area contributed by atoms with Crippen molar-refractivity contribution in [2.75, 3.05) is 11.9 Å². The average molecular weight is 462 g/mol. The van der Waals surface area contributed by atoms with Crippen molar-refractivity contribution in [3.05, 3.63) is 95.6 Å². The van der Waals surface area contributed by atoms with E-state index >= 15 is 0 Å². The third-order valence-corrected chi connectivity index (χ3v) is 5.10. The molecule has 2 amide bonds. The maximum absolute atomic E-state index is 12.8. The van der Waals surface area contributed by atoms with Crippen molar-refractivity contribution in [2.24, 2.45) is 5.73 Å². The van der Waals surface area contributed by atoms with Gasteiger partial charge in [0.15, 0.2) is 0 Å². The second-order valence-electron chi connectivity index (χ2n) is 7.83. The predicted octanol–water partition coefficient (Wildman–Crippen LogP) is 4.93. The number of benzene rings is 3. The van der Waals surface area contributed by atoms with Gasteiger partial charge in [-0.05, 0) is 47.4 Å². The molecule has 178 valence electrons. The zero-order valence-corrected chi connectivity index (χ0v) is 19.3. The van der Waals surface area contributed by atoms with Crippen LogP contribution in [0.2, 0.25) is 0 Å². The lowest BCUT2D eigenvalue weighted by Crippen LogP contribution is -2.32. The molecule has 7 heteroatoms. The quantitative estimate of drug-likeness (QED) is 0.376. The van der Waals surface area contributed by atoms with Gasteiger partial charge in [-0.2, -0.15) is 0 Å². The van der Waals surface area contributed by atoms with Gasteiger partial charge in [-0.15, -0.1) is 0 Å². The summed E-state index contributed by atoms with van der Waals surface area (Å²) in [5.74, 6) is 0.493. The van der Waals surface area contributed by atoms with Gasteiger partial charge in [0, 0.05) is 12.2 Å². The highest BCUT2D eigenvalue weighted by Gasteiger charge is 2.20. The van der Waals surface area contributed by atoms with Crippen molar-refractivity contribution in [1.82, 2.24) is 5.32 Å². The van der Waals surface area contributed by atoms with E-state index in [0.29, 0.717) is 18.8 Å². The minimum absolute atomic E-state index is 0.0302. The number of carbonyl (C=O) groups excluding carboxylic acids is 2. The fourth-order valence-electron chi connectivity index (χ4n) is 3.35. The molecule has 3 rings (SSSR count). The highest BCUT2D eigenvalue weighted by atomic mass is 16.5. The molecule has 0 bridgehead atoms. The molecule has 0 radical (unpaired) electrons. The van der Waals surface area contributed by atoms with E-state index in [9.17, 15) is 9.59 Å². The van der Waals surface area contributed by atoms with E-state index in [-0.39, 0.29) is 18.9 Å². The Balaban J connectivity index is 1.68. The lowest BCUT2D eigenvalue weighted by atomic mass is 10.0. The Morgan fingerprint density at radius 1 is 0.941 bits per heavy atom. The Labute approximate surface area is 200 Å². The molecule has 0 spiro atoms. The van der Waals surface area contributed by atoms with Crippen molar-refractivity contribution >= 4 is 17.7 Å². The Morgan fingerprint density at radius 3 is 2.38 bits per heavy atom. The zero-order valence-electron chi connectivity index (χ0n) is 19.3. The van der Waals surface area contributed by atoms with E-state index in [1.807, 2.05) is 79.7 Å². The maximum atomic E-state index is 12.8. The normalized spacial score (nSPS) is 11.4. The van der Waals surface area contributed by atoms with Gasteiger partial charge in [0.25, 0.3) is 0 Å². The van der Waals surface area contributed by atoms with Crippen LogP contribution in [0.4, 0.5) is 10.5 Å². The molecule has 0 aliphatic carbocycles. The second kappa shape index (κ2) is 13.0. The Morgan fingerprint density at radius 2 is 1.68 bits per heavy atom. The van der Waals surface area contributed by atoms with E-state index in [4.69, 9.17) is 15.2 Å². The third kappa shape index (κ3) is 7.94. The van der Waals surface area contributed by atoms with Crippen molar-refractivity contribution < 1.29 is 19.1 Å². The van der Waals surface area contributed by atoms with Crippen LogP contribution in [0.5, 0.6) is 5.75 Å². The van der Waals surface area contributed by atoms with Gasteiger partial charge in [0.1, 0.15) is 12.4 Å². The molecule has 0 heterocycles. The third-order valence-electron chi connectivity index (χ3n) is 5.10. The SMILES string of the molecule is CCCOc1ccc([C@@H](CC(=O)Nc2cccc(CN)c2)NC(=O)OCc2ccccc2)cc1. The van der Waals surface area contributed by atoms with Crippen LogP contribution in [0, 0.1) is 0 Å². The highest BCUT2D eigenvalue weighted by molar-refractivity contribution is 5.91. The van der Waals surface area contributed by atoms with Crippen LogP contribution < -0.4 is 21.1 Å². The molecule has 0 aliphatic heterocycles. The molecule has 0 saturated carbocycles. The molecule has 1 atom stereocenters. The lowest BCUT2D eigenvalue weighted by molar-refractivity contribution is -0.116. The molecule has 34 heavy (non-hydrogen) atoms. The van der Waals surface area contributed by atoms with Gasteiger partial charge < -0.3 is 25.8 Å². The number of carbonyl (C=O) groups is 2. The minimum Gasteiger partial charge on any atom is -0.494 e. The van der Waals surface area contributed by atoms with Crippen LogP contribution in [0.15, 0.2) is 78.9 Å². The van der Waals surface area contributed by atoms with Crippen molar-refractivity contribution in [3.8, 4) is 5.75 Å². The topological polar surface area (TPSA) is 103 Å². The van der Waals surface area contributed by atoms with Crippen LogP contribution in [-0.4, -0.2) is 18.6 Å². The van der Waals surface area contributed by atoms with Crippen LogP contribution in [-0.2, 0) is 22.7 Å². The fraction of sp³-hybridized carbons (Fsp3) is 0.259. The molecule has 0 aliphatic rings. The van der Waals surface area contributed by atoms with Gasteiger partial charge in [0.05, 0.1) is 19.1 Å². The van der Waals surface area contributed by atoms with Gasteiger partial charge >= 0.3 is 6.09 Å². The predicted molar refractivity (Wildman–Crippen MR) is 132 cm³/mol. The standard InChI is InChI=1S/C27H31N3O4/c1-2-15-33-24-13-11-22(12-14-24)25(30-27(32)34-19-20-7-4-3-5-8-20)17-26(31)29-23-10-6-9-21(16-23)18-28/h3-14,16,25H,2,15,17-19,28H2,1H3,(H,29,31)(H,30,32)/t25-/m1/s1. The molecule has 0 unspecified atom stereocenters. The molecule has 4 N–H and O–H groups in total. The summed E-state index contributed by atoms with van der Waals surface area (Å²) in [6.07, 6.45) is 0.339. The molecular weight excluding hydrogens is 430 g/mol. The molecule has 7 nitrogen and oxygen atoms in total. The van der Waals surface area contributed by atoms with Crippen LogP contribution in [0.3, 0.4) is 0 Å². The van der Waals surface area contributed by atoms with Crippen molar-refractivity contribution in [3.63, 3.8) is 0 Å². The summed E-state index contributed by atoms with van der Waals surface area (Å²) in [4.78, 5) is 25.3. The monoisotopic (exact) mass is 461 g/mol. The first-order chi connectivity index (χ1) is 16.6. The fourth-order valence-corrected chi connectivity index (χ4v) is 3.35. The van der Waals surface area contributed by atoms with E-state index in [1.54, 1.807) is 6.07 Å². The van der Waals surface area contributed by atoms with E-state index in [2.05, 4.69) is 10.6 Å². The average Bonchev–Trinajstić information content (AvgIpc) is 2.87. The molecule has 0 fully saturated rings. The van der Waals surface area contributed by atoms with E-state index in [1.165, 1.54) is 0 Å². The Kier molecular flexibility index (Phi) is 9.49. The number of nitrogens with two attached hydrogens (primary N) is 1. The summed E-state index contributed by atoms with van der Waals surface area (Å²) in [7, 11) is 0. The minimum atomic E-state index is -0.599. The first kappa shape index (κ1) is 24.8. The Bertz CT molecular complexity index is 1050. The molecular formula is C27H31N3O4. The number of hydrogen-bond donors (Lipinski definition) is 3. The van der Waals surface area contributed by atoms with Gasteiger partial charge in [-0.25, -0.2) is 4.79 Å². The molecule has 3 aromatic carbocycles. The molecule has 3 aromatic rings. The number of rotatable bonds is 11. The summed E-state index contributed by atoms with van der Waals surface area (Å²) < 4.78 is 11.0. The summed E-state index contributed by atoms with van der Waals surface area (Å²) in [5.41, 5.74) is 8.91. The van der Waals surface area contributed by atoms with Crippen molar-refractivity contribution in [2.45, 2.75) is 39.0 Å². The van der Waals surface area contributed by atoms with Gasteiger partial charge in [-0.1, -0.05) is 61.5 Å². The summed E-state index contributed by atoms with van der Waals surface area (Å²) in [6, 6.07) is 23.5. The van der Waals surface area contributed by atoms with Crippen molar-refractivity contribution in [1.29, 1.82) is 0 Å². The number of alkyl carbamates (subject to hydrolysis) is 1. The molecule has 0 saturated heterocycles. The number of nitrogens with one attached hydrogen (secondary N) is 2. The van der Waals surface area contributed by atoms with Crippen LogP contribution in [0.1, 0.15) is 42.5 Å². The van der Waals surface area contributed by atoms with Crippen LogP contribution >= 0.6 is 0 Å². The highest BCUT2D eigenvalue weighted by Crippen LogP contribution is 2.22. The number of amides is 2.